The Morgan fingerprint density at radius 3 is 2.21 bits per heavy atom. The molecular weight excluding hydrogens is 179 g/mol. The molecule has 1 saturated carbocycles. The Morgan fingerprint density at radius 2 is 1.79 bits per heavy atom. The maximum atomic E-state index is 12.9. The number of hydrogen-bond donors (Lipinski definition) is 0. The average molecular weight is 194 g/mol. The first-order valence-electron chi connectivity index (χ1n) is 4.83. The van der Waals surface area contributed by atoms with Crippen LogP contribution >= 0.6 is 0 Å². The smallest absolute Gasteiger partial charge is 0.126 e. The summed E-state index contributed by atoms with van der Waals surface area (Å²) < 4.78 is 12.9. The molecule has 1 aliphatic carbocycles. The minimum absolute atomic E-state index is 0.0370. The summed E-state index contributed by atoms with van der Waals surface area (Å²) in [5.41, 5.74) is 0.905. The van der Waals surface area contributed by atoms with Crippen LogP contribution in [0.1, 0.15) is 38.2 Å². The standard InChI is InChI=1S/C9H9F.C3H6O/c10-9-4-2-1-3-8(9)7-5-6-7;1-3(2)4/h1-4,7H,5-6H2;1-2H3. The van der Waals surface area contributed by atoms with Gasteiger partial charge in [-0.3, -0.25) is 0 Å². The monoisotopic (exact) mass is 194 g/mol. The van der Waals surface area contributed by atoms with Crippen molar-refractivity contribution in [2.45, 2.75) is 32.6 Å². The number of rotatable bonds is 1. The third-order valence-electron chi connectivity index (χ3n) is 1.92. The van der Waals surface area contributed by atoms with Crippen LogP contribution in [-0.2, 0) is 4.79 Å². The zero-order chi connectivity index (χ0) is 10.6. The van der Waals surface area contributed by atoms with Gasteiger partial charge in [-0.2, -0.15) is 0 Å². The number of hydrogen-bond acceptors (Lipinski definition) is 1. The van der Waals surface area contributed by atoms with E-state index in [9.17, 15) is 9.18 Å². The van der Waals surface area contributed by atoms with E-state index in [1.807, 2.05) is 12.1 Å². The lowest BCUT2D eigenvalue weighted by Crippen LogP contribution is -1.83. The molecule has 0 aliphatic heterocycles. The molecule has 0 spiro atoms. The van der Waals surface area contributed by atoms with Crippen LogP contribution in [0.3, 0.4) is 0 Å². The molecule has 1 aromatic carbocycles. The minimum atomic E-state index is -0.0370. The summed E-state index contributed by atoms with van der Waals surface area (Å²) in [6.45, 7) is 3.06. The van der Waals surface area contributed by atoms with Gasteiger partial charge in [0, 0.05) is 0 Å². The molecule has 0 aromatic heterocycles. The van der Waals surface area contributed by atoms with Gasteiger partial charge in [-0.15, -0.1) is 0 Å². The van der Waals surface area contributed by atoms with Crippen molar-refractivity contribution in [1.29, 1.82) is 0 Å². The van der Waals surface area contributed by atoms with Gasteiger partial charge in [0.15, 0.2) is 0 Å². The predicted octanol–water partition coefficient (Wildman–Crippen LogP) is 3.30. The van der Waals surface area contributed by atoms with Crippen molar-refractivity contribution in [3.8, 4) is 0 Å². The molecule has 0 N–H and O–H groups in total. The average Bonchev–Trinajstić information content (AvgIpc) is 2.87. The van der Waals surface area contributed by atoms with Gasteiger partial charge >= 0.3 is 0 Å². The summed E-state index contributed by atoms with van der Waals surface area (Å²) >= 11 is 0. The first-order valence-corrected chi connectivity index (χ1v) is 4.83. The zero-order valence-corrected chi connectivity index (χ0v) is 8.59. The molecule has 1 aromatic rings. The molecule has 14 heavy (non-hydrogen) atoms. The summed E-state index contributed by atoms with van der Waals surface area (Å²) in [6, 6.07) is 7.05. The number of halogens is 1. The van der Waals surface area contributed by atoms with Crippen LogP contribution in [0.25, 0.3) is 0 Å². The van der Waals surface area contributed by atoms with Crippen molar-refractivity contribution in [1.82, 2.24) is 0 Å². The van der Waals surface area contributed by atoms with Gasteiger partial charge in [0.1, 0.15) is 11.6 Å². The lowest BCUT2D eigenvalue weighted by atomic mass is 10.1. The van der Waals surface area contributed by atoms with E-state index in [4.69, 9.17) is 0 Å². The van der Waals surface area contributed by atoms with E-state index in [1.54, 1.807) is 6.07 Å². The van der Waals surface area contributed by atoms with Crippen LogP contribution in [0.2, 0.25) is 0 Å². The van der Waals surface area contributed by atoms with Crippen LogP contribution in [0.15, 0.2) is 24.3 Å². The normalized spacial score (nSPS) is 14.2. The van der Waals surface area contributed by atoms with Gasteiger partial charge in [-0.25, -0.2) is 4.39 Å². The Bertz CT molecular complexity index is 312. The largest absolute Gasteiger partial charge is 0.300 e. The Balaban J connectivity index is 0.000000213. The fraction of sp³-hybridized carbons (Fsp3) is 0.417. The second kappa shape index (κ2) is 4.89. The topological polar surface area (TPSA) is 17.1 Å². The molecule has 0 heterocycles. The molecule has 2 rings (SSSR count). The molecule has 76 valence electrons. The number of carbonyl (C=O) groups excluding carboxylic acids is 1. The molecule has 1 aliphatic rings. The maximum Gasteiger partial charge on any atom is 0.126 e. The third-order valence-corrected chi connectivity index (χ3v) is 1.92. The van der Waals surface area contributed by atoms with Gasteiger partial charge in [-0.1, -0.05) is 18.2 Å². The molecule has 2 heteroatoms. The van der Waals surface area contributed by atoms with E-state index in [0.29, 0.717) is 5.92 Å². The molecule has 0 amide bonds. The van der Waals surface area contributed by atoms with Crippen molar-refractivity contribution in [2.75, 3.05) is 0 Å². The van der Waals surface area contributed by atoms with E-state index >= 15 is 0 Å². The lowest BCUT2D eigenvalue weighted by Gasteiger charge is -1.96. The van der Waals surface area contributed by atoms with Gasteiger partial charge in [0.2, 0.25) is 0 Å². The minimum Gasteiger partial charge on any atom is -0.300 e. The van der Waals surface area contributed by atoms with Gasteiger partial charge < -0.3 is 4.79 Å². The summed E-state index contributed by atoms with van der Waals surface area (Å²) in [7, 11) is 0. The van der Waals surface area contributed by atoms with E-state index in [2.05, 4.69) is 0 Å². The summed E-state index contributed by atoms with van der Waals surface area (Å²) in [6.07, 6.45) is 2.34. The number of Topliss-reactive ketones (excluding diaryl/α,β-unsaturated/α-hetero) is 1. The van der Waals surface area contributed by atoms with Crippen LogP contribution in [0.4, 0.5) is 4.39 Å². The predicted molar refractivity (Wildman–Crippen MR) is 54.7 cm³/mol. The number of benzene rings is 1. The summed E-state index contributed by atoms with van der Waals surface area (Å²) in [5.74, 6) is 0.659. The van der Waals surface area contributed by atoms with E-state index in [1.165, 1.54) is 32.8 Å². The first kappa shape index (κ1) is 10.9. The van der Waals surface area contributed by atoms with Crippen molar-refractivity contribution in [3.05, 3.63) is 35.6 Å². The second-order valence-corrected chi connectivity index (χ2v) is 3.70. The highest BCUT2D eigenvalue weighted by Crippen LogP contribution is 2.40. The van der Waals surface area contributed by atoms with E-state index < -0.39 is 0 Å². The highest BCUT2D eigenvalue weighted by atomic mass is 19.1. The molecule has 1 fully saturated rings. The van der Waals surface area contributed by atoms with Crippen molar-refractivity contribution in [3.63, 3.8) is 0 Å². The van der Waals surface area contributed by atoms with Crippen molar-refractivity contribution >= 4 is 5.78 Å². The van der Waals surface area contributed by atoms with E-state index in [0.717, 1.165) is 5.56 Å². The first-order chi connectivity index (χ1) is 6.61. The van der Waals surface area contributed by atoms with Crippen LogP contribution < -0.4 is 0 Å². The van der Waals surface area contributed by atoms with Crippen LogP contribution in [-0.4, -0.2) is 5.78 Å². The molecule has 0 atom stereocenters. The SMILES string of the molecule is CC(C)=O.Fc1ccccc1C1CC1. The van der Waals surface area contributed by atoms with Gasteiger partial charge in [0.25, 0.3) is 0 Å². The van der Waals surface area contributed by atoms with Crippen molar-refractivity contribution < 1.29 is 9.18 Å². The molecular formula is C12H15FO. The highest BCUT2D eigenvalue weighted by molar-refractivity contribution is 5.72. The zero-order valence-electron chi connectivity index (χ0n) is 8.59. The quantitative estimate of drug-likeness (QED) is 0.670. The number of ketones is 1. The Morgan fingerprint density at radius 1 is 1.29 bits per heavy atom. The Labute approximate surface area is 83.9 Å². The lowest BCUT2D eigenvalue weighted by molar-refractivity contribution is -0.114. The Hall–Kier alpha value is -1.18. The van der Waals surface area contributed by atoms with Gasteiger partial charge in [-0.05, 0) is 44.2 Å². The summed E-state index contributed by atoms with van der Waals surface area (Å²) in [5, 5.41) is 0. The van der Waals surface area contributed by atoms with E-state index in [-0.39, 0.29) is 11.6 Å². The van der Waals surface area contributed by atoms with Crippen molar-refractivity contribution in [2.24, 2.45) is 0 Å². The molecule has 1 nitrogen and oxygen atoms in total. The highest BCUT2D eigenvalue weighted by Gasteiger charge is 2.25. The van der Waals surface area contributed by atoms with Crippen LogP contribution in [0, 0.1) is 5.82 Å². The second-order valence-electron chi connectivity index (χ2n) is 3.70. The fourth-order valence-electron chi connectivity index (χ4n) is 1.20. The summed E-state index contributed by atoms with van der Waals surface area (Å²) in [4.78, 5) is 9.44. The molecule has 0 radical (unpaired) electrons. The molecule has 0 unspecified atom stereocenters. The Kier molecular flexibility index (Phi) is 3.81. The number of carbonyl (C=O) groups is 1. The fourth-order valence-corrected chi connectivity index (χ4v) is 1.20. The third kappa shape index (κ3) is 3.69. The van der Waals surface area contributed by atoms with Gasteiger partial charge in [0.05, 0.1) is 0 Å². The maximum absolute atomic E-state index is 12.9. The molecule has 0 saturated heterocycles. The molecule has 0 bridgehead atoms. The van der Waals surface area contributed by atoms with Crippen LogP contribution in [0.5, 0.6) is 0 Å².